The van der Waals surface area contributed by atoms with E-state index in [0.717, 1.165) is 13.0 Å². The molecule has 0 bridgehead atoms. The van der Waals surface area contributed by atoms with Gasteiger partial charge in [0.15, 0.2) is 0 Å². The van der Waals surface area contributed by atoms with Crippen molar-refractivity contribution in [1.29, 1.82) is 0 Å². The number of aryl methyl sites for hydroxylation is 1. The number of rotatable bonds is 7. The molecule has 1 rings (SSSR count). The van der Waals surface area contributed by atoms with E-state index >= 15 is 0 Å². The molecule has 1 aromatic heterocycles. The summed E-state index contributed by atoms with van der Waals surface area (Å²) >= 11 is 0. The molecule has 0 atom stereocenters. The van der Waals surface area contributed by atoms with Gasteiger partial charge in [0.05, 0.1) is 6.54 Å². The summed E-state index contributed by atoms with van der Waals surface area (Å²) in [6.07, 6.45) is 11.6. The average molecular weight is 261 g/mol. The summed E-state index contributed by atoms with van der Waals surface area (Å²) in [6.45, 7) is 3.12. The van der Waals surface area contributed by atoms with E-state index in [4.69, 9.17) is 5.11 Å². The SMILES string of the molecule is CCCCCCCC[n+]1ccn(C(=O)O)c1.[Cl-]. The van der Waals surface area contributed by atoms with Crippen LogP contribution in [0.3, 0.4) is 0 Å². The summed E-state index contributed by atoms with van der Waals surface area (Å²) in [6, 6.07) is 0. The summed E-state index contributed by atoms with van der Waals surface area (Å²) in [4.78, 5) is 10.6. The smallest absolute Gasteiger partial charge is 0.509 e. The van der Waals surface area contributed by atoms with Crippen molar-refractivity contribution in [2.24, 2.45) is 0 Å². The number of carboxylic acid groups (broad SMARTS) is 1. The van der Waals surface area contributed by atoms with Gasteiger partial charge in [0.2, 0.25) is 0 Å². The first-order valence-corrected chi connectivity index (χ1v) is 6.04. The van der Waals surface area contributed by atoms with Crippen LogP contribution >= 0.6 is 0 Å². The summed E-state index contributed by atoms with van der Waals surface area (Å²) in [5.41, 5.74) is 0. The zero-order valence-electron chi connectivity index (χ0n) is 10.3. The van der Waals surface area contributed by atoms with E-state index in [2.05, 4.69) is 6.92 Å². The summed E-state index contributed by atoms with van der Waals surface area (Å²) in [5.74, 6) is 0. The Balaban J connectivity index is 0.00000256. The topological polar surface area (TPSA) is 46.1 Å². The van der Waals surface area contributed by atoms with Gasteiger partial charge in [-0.3, -0.25) is 0 Å². The lowest BCUT2D eigenvalue weighted by Crippen LogP contribution is -3.00. The third-order valence-electron chi connectivity index (χ3n) is 2.68. The lowest BCUT2D eigenvalue weighted by molar-refractivity contribution is -0.696. The van der Waals surface area contributed by atoms with Gasteiger partial charge in [0.1, 0.15) is 12.4 Å². The van der Waals surface area contributed by atoms with Crippen molar-refractivity contribution in [3.05, 3.63) is 18.7 Å². The van der Waals surface area contributed by atoms with Crippen LogP contribution in [0.2, 0.25) is 0 Å². The molecule has 1 aromatic rings. The van der Waals surface area contributed by atoms with Gasteiger partial charge >= 0.3 is 6.09 Å². The average Bonchev–Trinajstić information content (AvgIpc) is 2.72. The third kappa shape index (κ3) is 6.31. The second-order valence-electron chi connectivity index (χ2n) is 4.11. The molecule has 0 unspecified atom stereocenters. The molecule has 5 heteroatoms. The Morgan fingerprint density at radius 1 is 1.24 bits per heavy atom. The van der Waals surface area contributed by atoms with Crippen LogP contribution in [0.5, 0.6) is 0 Å². The molecule has 98 valence electrons. The van der Waals surface area contributed by atoms with Crippen LogP contribution in [-0.4, -0.2) is 15.8 Å². The maximum absolute atomic E-state index is 10.6. The fourth-order valence-electron chi connectivity index (χ4n) is 1.71. The van der Waals surface area contributed by atoms with E-state index in [1.165, 1.54) is 36.7 Å². The largest absolute Gasteiger partial charge is 1.00 e. The van der Waals surface area contributed by atoms with Crippen LogP contribution in [0.1, 0.15) is 45.4 Å². The number of carbonyl (C=O) groups is 1. The van der Waals surface area contributed by atoms with Crippen molar-refractivity contribution < 1.29 is 26.9 Å². The molecule has 4 nitrogen and oxygen atoms in total. The number of nitrogens with zero attached hydrogens (tertiary/aromatic N) is 2. The Hall–Kier alpha value is -1.03. The Labute approximate surface area is 109 Å². The van der Waals surface area contributed by atoms with E-state index in [0.29, 0.717) is 0 Å². The van der Waals surface area contributed by atoms with Crippen molar-refractivity contribution >= 4 is 6.09 Å². The van der Waals surface area contributed by atoms with E-state index < -0.39 is 6.09 Å². The first kappa shape index (κ1) is 16.0. The predicted molar refractivity (Wildman–Crippen MR) is 61.4 cm³/mol. The molecule has 0 amide bonds. The number of aromatic nitrogens is 2. The van der Waals surface area contributed by atoms with Crippen molar-refractivity contribution in [2.45, 2.75) is 52.0 Å². The lowest BCUT2D eigenvalue weighted by Gasteiger charge is -1.98. The highest BCUT2D eigenvalue weighted by Gasteiger charge is 2.09. The van der Waals surface area contributed by atoms with E-state index in [1.807, 2.05) is 4.57 Å². The van der Waals surface area contributed by atoms with Crippen molar-refractivity contribution in [3.8, 4) is 0 Å². The molecular weight excluding hydrogens is 240 g/mol. The van der Waals surface area contributed by atoms with Gasteiger partial charge in [-0.25, -0.2) is 4.57 Å². The Morgan fingerprint density at radius 2 is 1.88 bits per heavy atom. The number of imidazole rings is 1. The number of hydrogen-bond donors (Lipinski definition) is 1. The predicted octanol–water partition coefficient (Wildman–Crippen LogP) is -0.334. The zero-order valence-corrected chi connectivity index (χ0v) is 11.1. The molecule has 0 spiro atoms. The van der Waals surface area contributed by atoms with Crippen LogP contribution in [0.4, 0.5) is 4.79 Å². The number of unbranched alkanes of at least 4 members (excludes halogenated alkanes) is 5. The minimum Gasteiger partial charge on any atom is -1.00 e. The molecule has 1 N–H and O–H groups in total. The highest BCUT2D eigenvalue weighted by Crippen LogP contribution is 2.04. The minimum atomic E-state index is -0.929. The highest BCUT2D eigenvalue weighted by molar-refractivity contribution is 5.67. The van der Waals surface area contributed by atoms with Crippen LogP contribution in [-0.2, 0) is 6.54 Å². The van der Waals surface area contributed by atoms with Gasteiger partial charge < -0.3 is 17.5 Å². The first-order valence-electron chi connectivity index (χ1n) is 6.04. The highest BCUT2D eigenvalue weighted by atomic mass is 35.5. The van der Waals surface area contributed by atoms with E-state index in [-0.39, 0.29) is 12.4 Å². The Bertz CT molecular complexity index is 326. The second kappa shape index (κ2) is 9.05. The second-order valence-corrected chi connectivity index (χ2v) is 4.11. The maximum Gasteiger partial charge on any atom is 0.509 e. The molecule has 0 aliphatic carbocycles. The lowest BCUT2D eigenvalue weighted by atomic mass is 10.1. The molecule has 17 heavy (non-hydrogen) atoms. The summed E-state index contributed by atoms with van der Waals surface area (Å²) < 4.78 is 3.10. The molecule has 0 aliphatic heterocycles. The van der Waals surface area contributed by atoms with E-state index in [9.17, 15) is 4.79 Å². The molecule has 0 radical (unpaired) electrons. The maximum atomic E-state index is 10.6. The van der Waals surface area contributed by atoms with Gasteiger partial charge in [0, 0.05) is 0 Å². The normalized spacial score (nSPS) is 9.94. The van der Waals surface area contributed by atoms with Crippen molar-refractivity contribution in [3.63, 3.8) is 0 Å². The fraction of sp³-hybridized carbons (Fsp3) is 0.667. The molecular formula is C12H21ClN2O2. The van der Waals surface area contributed by atoms with Crippen molar-refractivity contribution in [2.75, 3.05) is 0 Å². The summed E-state index contributed by atoms with van der Waals surface area (Å²) in [5, 5.41) is 8.72. The Morgan fingerprint density at radius 3 is 2.47 bits per heavy atom. The molecule has 0 fully saturated rings. The zero-order chi connectivity index (χ0) is 11.8. The van der Waals surface area contributed by atoms with Crippen LogP contribution in [0.15, 0.2) is 18.7 Å². The fourth-order valence-corrected chi connectivity index (χ4v) is 1.71. The quantitative estimate of drug-likeness (QED) is 0.539. The van der Waals surface area contributed by atoms with Gasteiger partial charge in [-0.2, -0.15) is 4.79 Å². The van der Waals surface area contributed by atoms with Gasteiger partial charge in [-0.05, 0) is 12.8 Å². The van der Waals surface area contributed by atoms with Crippen LogP contribution in [0.25, 0.3) is 0 Å². The molecule has 0 aromatic carbocycles. The number of halogens is 1. The standard InChI is InChI=1S/C12H20N2O2.ClH/c1-2-3-4-5-6-7-8-13-9-10-14(11-13)12(15)16;/h9-11H,2-8H2,1H3;1H. The molecule has 0 aliphatic rings. The molecule has 1 heterocycles. The summed E-state index contributed by atoms with van der Waals surface area (Å²) in [7, 11) is 0. The third-order valence-corrected chi connectivity index (χ3v) is 2.68. The number of hydrogen-bond acceptors (Lipinski definition) is 1. The first-order chi connectivity index (χ1) is 7.74. The van der Waals surface area contributed by atoms with Crippen LogP contribution < -0.4 is 17.0 Å². The molecule has 0 saturated heterocycles. The monoisotopic (exact) mass is 260 g/mol. The van der Waals surface area contributed by atoms with Crippen LogP contribution in [0, 0.1) is 0 Å². The Kier molecular flexibility index (Phi) is 8.50. The van der Waals surface area contributed by atoms with Gasteiger partial charge in [-0.15, -0.1) is 4.57 Å². The van der Waals surface area contributed by atoms with Gasteiger partial charge in [-0.1, -0.05) is 32.6 Å². The van der Waals surface area contributed by atoms with Gasteiger partial charge in [0.25, 0.3) is 6.33 Å². The molecule has 0 saturated carbocycles. The minimum absolute atomic E-state index is 0. The van der Waals surface area contributed by atoms with Crippen molar-refractivity contribution in [1.82, 2.24) is 4.57 Å². The van der Waals surface area contributed by atoms with E-state index in [1.54, 1.807) is 18.7 Å².